The molecule has 0 saturated heterocycles. The highest BCUT2D eigenvalue weighted by molar-refractivity contribution is 6.29. The van der Waals surface area contributed by atoms with E-state index in [9.17, 15) is 0 Å². The van der Waals surface area contributed by atoms with Gasteiger partial charge in [-0.05, 0) is 62.4 Å². The van der Waals surface area contributed by atoms with Crippen LogP contribution in [-0.4, -0.2) is 47.0 Å². The van der Waals surface area contributed by atoms with Crippen LogP contribution in [-0.2, 0) is 6.42 Å². The molecule has 5 heteroatoms. The number of nitrogens with zero attached hydrogens (tertiary/aromatic N) is 5. The Morgan fingerprint density at radius 1 is 1.32 bits per heavy atom. The first kappa shape index (κ1) is 20.1. The highest BCUT2D eigenvalue weighted by Crippen LogP contribution is 2.49. The van der Waals surface area contributed by atoms with E-state index in [1.165, 1.54) is 12.0 Å². The second-order valence-corrected chi connectivity index (χ2v) is 7.92. The van der Waals surface area contributed by atoms with E-state index >= 15 is 0 Å². The molecule has 3 atom stereocenters. The standard InChI is InChI=1S/C23H31N5/c1-17(2)28(13-8-20-6-10-24-11-7-20)26-18(3)15-25-19(4)22-9-12-27(5)16-21-14-23(21)22/h6-7,9-12,15,21-23H,1,4,8,13-14,16H2,2-3,5H3/b25-15?,26-18+. The van der Waals surface area contributed by atoms with Gasteiger partial charge in [-0.25, -0.2) is 0 Å². The monoisotopic (exact) mass is 377 g/mol. The fourth-order valence-electron chi connectivity index (χ4n) is 3.68. The van der Waals surface area contributed by atoms with E-state index in [0.29, 0.717) is 11.8 Å². The van der Waals surface area contributed by atoms with E-state index in [2.05, 4.69) is 52.5 Å². The quantitative estimate of drug-likeness (QED) is 0.505. The van der Waals surface area contributed by atoms with Crippen LogP contribution >= 0.6 is 0 Å². The number of hydrogen-bond acceptors (Lipinski definition) is 5. The molecule has 3 unspecified atom stereocenters. The number of aromatic nitrogens is 1. The van der Waals surface area contributed by atoms with Gasteiger partial charge in [0.05, 0.1) is 11.9 Å². The topological polar surface area (TPSA) is 44.1 Å². The molecule has 0 aromatic carbocycles. The van der Waals surface area contributed by atoms with E-state index < -0.39 is 0 Å². The summed E-state index contributed by atoms with van der Waals surface area (Å²) in [6.07, 6.45) is 12.0. The maximum atomic E-state index is 4.69. The lowest BCUT2D eigenvalue weighted by atomic mass is 9.99. The van der Waals surface area contributed by atoms with Crippen molar-refractivity contribution in [2.45, 2.75) is 26.7 Å². The minimum Gasteiger partial charge on any atom is -0.380 e. The van der Waals surface area contributed by atoms with E-state index in [1.54, 1.807) is 0 Å². The zero-order valence-electron chi connectivity index (χ0n) is 17.3. The second kappa shape index (κ2) is 9.00. The van der Waals surface area contributed by atoms with Crippen molar-refractivity contribution in [1.29, 1.82) is 0 Å². The summed E-state index contributed by atoms with van der Waals surface area (Å²) in [6.45, 7) is 14.1. The molecule has 2 heterocycles. The van der Waals surface area contributed by atoms with Gasteiger partial charge < -0.3 is 4.90 Å². The molecular formula is C23H31N5. The first-order valence-electron chi connectivity index (χ1n) is 9.92. The van der Waals surface area contributed by atoms with Crippen LogP contribution in [0.2, 0.25) is 0 Å². The van der Waals surface area contributed by atoms with Crippen LogP contribution in [0.15, 0.2) is 71.4 Å². The van der Waals surface area contributed by atoms with E-state index in [1.807, 2.05) is 49.6 Å². The van der Waals surface area contributed by atoms with Crippen molar-refractivity contribution < 1.29 is 0 Å². The summed E-state index contributed by atoms with van der Waals surface area (Å²) in [5, 5.41) is 6.62. The molecule has 5 nitrogen and oxygen atoms in total. The number of fused-ring (bicyclic) bond motifs is 1. The number of allylic oxidation sites excluding steroid dienone is 2. The van der Waals surface area contributed by atoms with Gasteiger partial charge in [0.25, 0.3) is 0 Å². The average molecular weight is 378 g/mol. The van der Waals surface area contributed by atoms with Gasteiger partial charge in [-0.15, -0.1) is 0 Å². The normalized spacial score (nSPS) is 24.0. The molecular weight excluding hydrogens is 346 g/mol. The van der Waals surface area contributed by atoms with Crippen molar-refractivity contribution in [3.63, 3.8) is 0 Å². The minimum absolute atomic E-state index is 0.336. The lowest BCUT2D eigenvalue weighted by Crippen LogP contribution is -2.20. The van der Waals surface area contributed by atoms with Gasteiger partial charge in [0.2, 0.25) is 0 Å². The summed E-state index contributed by atoms with van der Waals surface area (Å²) in [4.78, 5) is 11.0. The molecule has 28 heavy (non-hydrogen) atoms. The van der Waals surface area contributed by atoms with Crippen molar-refractivity contribution in [2.75, 3.05) is 20.1 Å². The zero-order valence-corrected chi connectivity index (χ0v) is 17.3. The lowest BCUT2D eigenvalue weighted by molar-refractivity contribution is 0.371. The third-order valence-electron chi connectivity index (χ3n) is 5.39. The van der Waals surface area contributed by atoms with Crippen molar-refractivity contribution in [3.05, 3.63) is 66.9 Å². The molecule has 0 spiro atoms. The molecule has 1 saturated carbocycles. The Kier molecular flexibility index (Phi) is 6.45. The van der Waals surface area contributed by atoms with Crippen LogP contribution in [0.4, 0.5) is 0 Å². The molecule has 1 aliphatic heterocycles. The molecule has 1 fully saturated rings. The highest BCUT2D eigenvalue weighted by atomic mass is 15.5. The second-order valence-electron chi connectivity index (χ2n) is 7.92. The minimum atomic E-state index is 0.336. The van der Waals surface area contributed by atoms with Crippen molar-refractivity contribution in [1.82, 2.24) is 14.9 Å². The van der Waals surface area contributed by atoms with Crippen molar-refractivity contribution >= 4 is 11.9 Å². The molecule has 0 N–H and O–H groups in total. The zero-order chi connectivity index (χ0) is 20.1. The molecule has 3 rings (SSSR count). The Balaban J connectivity index is 1.60. The number of hydrazone groups is 1. The largest absolute Gasteiger partial charge is 0.380 e. The predicted octanol–water partition coefficient (Wildman–Crippen LogP) is 4.13. The smallest absolute Gasteiger partial charge is 0.0761 e. The van der Waals surface area contributed by atoms with Crippen LogP contribution in [0.1, 0.15) is 25.8 Å². The summed E-state index contributed by atoms with van der Waals surface area (Å²) >= 11 is 0. The van der Waals surface area contributed by atoms with Gasteiger partial charge in [0.15, 0.2) is 0 Å². The summed E-state index contributed by atoms with van der Waals surface area (Å²) in [6, 6.07) is 4.06. The molecule has 1 aromatic rings. The Morgan fingerprint density at radius 3 is 2.79 bits per heavy atom. The van der Waals surface area contributed by atoms with Gasteiger partial charge in [-0.3, -0.25) is 15.0 Å². The van der Waals surface area contributed by atoms with Crippen molar-refractivity contribution in [3.8, 4) is 0 Å². The number of hydrogen-bond donors (Lipinski definition) is 0. The summed E-state index contributed by atoms with van der Waals surface area (Å²) in [7, 11) is 2.13. The van der Waals surface area contributed by atoms with Gasteiger partial charge in [0, 0.05) is 49.8 Å². The van der Waals surface area contributed by atoms with Gasteiger partial charge in [0.1, 0.15) is 0 Å². The molecule has 148 valence electrons. The molecule has 0 amide bonds. The van der Waals surface area contributed by atoms with Crippen molar-refractivity contribution in [2.24, 2.45) is 27.8 Å². The van der Waals surface area contributed by atoms with E-state index in [0.717, 1.165) is 42.5 Å². The maximum Gasteiger partial charge on any atom is 0.0761 e. The van der Waals surface area contributed by atoms with Gasteiger partial charge >= 0.3 is 0 Å². The Labute approximate surface area is 168 Å². The third-order valence-corrected chi connectivity index (χ3v) is 5.39. The molecule has 0 bridgehead atoms. The van der Waals surface area contributed by atoms with Crippen LogP contribution in [0.5, 0.6) is 0 Å². The van der Waals surface area contributed by atoms with E-state index in [-0.39, 0.29) is 0 Å². The van der Waals surface area contributed by atoms with Gasteiger partial charge in [-0.2, -0.15) is 5.10 Å². The Hall–Kier alpha value is -2.69. The number of pyridine rings is 1. The molecule has 1 aliphatic carbocycles. The number of rotatable bonds is 8. The lowest BCUT2D eigenvalue weighted by Gasteiger charge is -2.19. The SMILES string of the molecule is C=C(N=C/C(C)=N/N(CCc1ccncc1)C(=C)C)C1C=CN(C)CC2CC21. The average Bonchev–Trinajstić information content (AvgIpc) is 3.43. The first-order valence-corrected chi connectivity index (χ1v) is 9.92. The maximum absolute atomic E-state index is 4.69. The molecule has 0 radical (unpaired) electrons. The Morgan fingerprint density at radius 2 is 2.07 bits per heavy atom. The molecule has 1 aromatic heterocycles. The number of aliphatic imine (C=N–C) groups is 1. The molecule has 2 aliphatic rings. The summed E-state index contributed by atoms with van der Waals surface area (Å²) in [5.74, 6) is 1.80. The summed E-state index contributed by atoms with van der Waals surface area (Å²) < 4.78 is 0. The summed E-state index contributed by atoms with van der Waals surface area (Å²) in [5.41, 5.74) is 3.92. The highest BCUT2D eigenvalue weighted by Gasteiger charge is 2.44. The van der Waals surface area contributed by atoms with Gasteiger partial charge in [-0.1, -0.05) is 19.2 Å². The van der Waals surface area contributed by atoms with Crippen LogP contribution < -0.4 is 0 Å². The van der Waals surface area contributed by atoms with Crippen LogP contribution in [0, 0.1) is 17.8 Å². The fraction of sp³-hybridized carbons (Fsp3) is 0.435. The third kappa shape index (κ3) is 5.41. The van der Waals surface area contributed by atoms with E-state index in [4.69, 9.17) is 0 Å². The van der Waals surface area contributed by atoms with Crippen LogP contribution in [0.25, 0.3) is 0 Å². The Bertz CT molecular complexity index is 792. The predicted molar refractivity (Wildman–Crippen MR) is 117 cm³/mol. The first-order chi connectivity index (χ1) is 13.4. The van der Waals surface area contributed by atoms with Crippen LogP contribution in [0.3, 0.4) is 0 Å². The fourth-order valence-corrected chi connectivity index (χ4v) is 3.68.